The lowest BCUT2D eigenvalue weighted by molar-refractivity contribution is 0.0724. The molecule has 7 atom stereocenters. The average Bonchev–Trinajstić information content (AvgIpc) is 3.48. The van der Waals surface area contributed by atoms with Gasteiger partial charge in [-0.15, -0.1) is 0 Å². The van der Waals surface area contributed by atoms with Crippen LogP contribution in [0.3, 0.4) is 0 Å². The molecule has 1 unspecified atom stereocenters. The van der Waals surface area contributed by atoms with Gasteiger partial charge in [0.15, 0.2) is 16.6 Å². The number of halogens is 2. The lowest BCUT2D eigenvalue weighted by Gasteiger charge is -2.45. The van der Waals surface area contributed by atoms with Crippen molar-refractivity contribution in [2.45, 2.75) is 174 Å². The first-order valence-corrected chi connectivity index (χ1v) is 24.7. The number of rotatable bonds is 10. The van der Waals surface area contributed by atoms with Gasteiger partial charge in [0.2, 0.25) is 6.43 Å². The molecule has 1 saturated heterocycles. The van der Waals surface area contributed by atoms with Gasteiger partial charge in [-0.2, -0.15) is 0 Å². The minimum Gasteiger partial charge on any atom is -0.414 e. The van der Waals surface area contributed by atoms with E-state index in [0.29, 0.717) is 23.2 Å². The van der Waals surface area contributed by atoms with E-state index in [1.165, 1.54) is 37.7 Å². The topological polar surface area (TPSA) is 21.7 Å². The fraction of sp³-hybridized carbons (Fsp3) is 0.897. The van der Waals surface area contributed by atoms with Crippen LogP contribution in [0.1, 0.15) is 120 Å². The molecule has 1 heterocycles. The SMILES string of the molecule is CC(CN1CC[C@@H](CC(F)F)C1)[C@H]1CC[C@H]2/C(=C/C=C3C[C@@H](O[Si](C)(C)C(C)(C)C)C[C@H](O[Si](C)(C)C(C)(C)C)C3)CCC[C@]12C. The largest absolute Gasteiger partial charge is 0.414 e. The Bertz CT molecular complexity index is 1050. The highest BCUT2D eigenvalue weighted by molar-refractivity contribution is 6.74. The summed E-state index contributed by atoms with van der Waals surface area (Å²) in [6, 6.07) is 0. The van der Waals surface area contributed by atoms with Crippen LogP contribution in [0.25, 0.3) is 0 Å². The first-order valence-electron chi connectivity index (χ1n) is 18.9. The number of alkyl halides is 2. The summed E-state index contributed by atoms with van der Waals surface area (Å²) in [6.07, 6.45) is 13.8. The fourth-order valence-electron chi connectivity index (χ4n) is 9.13. The van der Waals surface area contributed by atoms with Crippen molar-refractivity contribution in [1.29, 1.82) is 0 Å². The molecule has 7 heteroatoms. The Balaban J connectivity index is 1.49. The molecule has 0 spiro atoms. The molecule has 4 fully saturated rings. The van der Waals surface area contributed by atoms with E-state index in [9.17, 15) is 8.78 Å². The normalized spacial score (nSPS) is 33.6. The van der Waals surface area contributed by atoms with Crippen LogP contribution in [0, 0.1) is 29.1 Å². The van der Waals surface area contributed by atoms with E-state index < -0.39 is 23.1 Å². The van der Waals surface area contributed by atoms with Gasteiger partial charge in [0.1, 0.15) is 0 Å². The van der Waals surface area contributed by atoms with E-state index in [1.54, 1.807) is 5.57 Å². The van der Waals surface area contributed by atoms with Gasteiger partial charge in [-0.25, -0.2) is 8.78 Å². The molecule has 1 aliphatic heterocycles. The quantitative estimate of drug-likeness (QED) is 0.215. The van der Waals surface area contributed by atoms with Crippen molar-refractivity contribution in [2.75, 3.05) is 19.6 Å². The van der Waals surface area contributed by atoms with Crippen molar-refractivity contribution in [2.24, 2.45) is 29.1 Å². The Kier molecular flexibility index (Phi) is 12.1. The first-order chi connectivity index (χ1) is 21.1. The van der Waals surface area contributed by atoms with Crippen LogP contribution >= 0.6 is 0 Å². The molecule has 3 nitrogen and oxygen atoms in total. The molecule has 3 saturated carbocycles. The summed E-state index contributed by atoms with van der Waals surface area (Å²) in [5, 5.41) is 0.383. The third kappa shape index (κ3) is 9.05. The molecule has 0 aromatic rings. The van der Waals surface area contributed by atoms with Crippen LogP contribution < -0.4 is 0 Å². The molecule has 266 valence electrons. The Morgan fingerprint density at radius 2 is 1.50 bits per heavy atom. The summed E-state index contributed by atoms with van der Waals surface area (Å²) in [5.41, 5.74) is 3.52. The number of likely N-dealkylation sites (tertiary alicyclic amines) is 1. The molecule has 0 amide bonds. The van der Waals surface area contributed by atoms with E-state index in [4.69, 9.17) is 8.85 Å². The van der Waals surface area contributed by atoms with E-state index >= 15 is 0 Å². The molecule has 4 aliphatic rings. The summed E-state index contributed by atoms with van der Waals surface area (Å²) < 4.78 is 40.1. The highest BCUT2D eigenvalue weighted by Crippen LogP contribution is 2.59. The smallest absolute Gasteiger partial charge is 0.238 e. The van der Waals surface area contributed by atoms with Gasteiger partial charge in [-0.3, -0.25) is 0 Å². The third-order valence-electron chi connectivity index (χ3n) is 13.7. The summed E-state index contributed by atoms with van der Waals surface area (Å²) in [4.78, 5) is 2.49. The molecule has 0 aromatic heterocycles. The van der Waals surface area contributed by atoms with Gasteiger partial charge in [-0.1, -0.05) is 78.7 Å². The maximum absolute atomic E-state index is 13.0. The Hall–Kier alpha value is -0.346. The van der Waals surface area contributed by atoms with Crippen LogP contribution in [0.2, 0.25) is 36.3 Å². The van der Waals surface area contributed by atoms with Gasteiger partial charge < -0.3 is 13.8 Å². The molecule has 3 aliphatic carbocycles. The molecule has 46 heavy (non-hydrogen) atoms. The van der Waals surface area contributed by atoms with Crippen molar-refractivity contribution < 1.29 is 17.6 Å². The van der Waals surface area contributed by atoms with Crippen LogP contribution in [0.15, 0.2) is 23.3 Å². The second-order valence-corrected chi connectivity index (χ2v) is 28.8. The van der Waals surface area contributed by atoms with Gasteiger partial charge in [0, 0.05) is 19.5 Å². The average molecular weight is 680 g/mol. The molecule has 0 radical (unpaired) electrons. The van der Waals surface area contributed by atoms with Gasteiger partial charge >= 0.3 is 0 Å². The monoisotopic (exact) mass is 679 g/mol. The zero-order chi connectivity index (χ0) is 34.3. The zero-order valence-electron chi connectivity index (χ0n) is 31.9. The Labute approximate surface area is 285 Å². The predicted molar refractivity (Wildman–Crippen MR) is 197 cm³/mol. The van der Waals surface area contributed by atoms with Crippen molar-refractivity contribution in [1.82, 2.24) is 4.90 Å². The van der Waals surface area contributed by atoms with Crippen LogP contribution in [-0.4, -0.2) is 59.8 Å². The standard InChI is InChI=1S/C39H71F2NO2Si2/c1-28(26-42-21-19-30(27-42)24-36(40)41)34-17-18-35-31(14-13-20-39(34,35)8)16-15-29-22-32(43-45(9,10)37(2,3)4)25-33(23-29)44-46(11,12)38(5,6)7/h15-16,28,30,32-36H,13-14,17-27H2,1-12H3/b31-16+/t28?,30-,32+,33+,34+,35-,39+/m0/s1. The summed E-state index contributed by atoms with van der Waals surface area (Å²) >= 11 is 0. The highest BCUT2D eigenvalue weighted by Gasteiger charge is 2.51. The van der Waals surface area contributed by atoms with Crippen LogP contribution in [-0.2, 0) is 8.85 Å². The Morgan fingerprint density at radius 1 is 0.913 bits per heavy atom. The fourth-order valence-corrected chi connectivity index (χ4v) is 11.9. The summed E-state index contributed by atoms with van der Waals surface area (Å²) in [5.74, 6) is 2.16. The third-order valence-corrected chi connectivity index (χ3v) is 22.8. The van der Waals surface area contributed by atoms with Crippen LogP contribution in [0.5, 0.6) is 0 Å². The summed E-state index contributed by atoms with van der Waals surface area (Å²) in [7, 11) is -3.79. The lowest BCUT2D eigenvalue weighted by atomic mass is 9.61. The summed E-state index contributed by atoms with van der Waals surface area (Å²) in [6.45, 7) is 31.6. The Morgan fingerprint density at radius 3 is 2.04 bits per heavy atom. The van der Waals surface area contributed by atoms with Crippen molar-refractivity contribution in [3.05, 3.63) is 23.3 Å². The van der Waals surface area contributed by atoms with E-state index in [-0.39, 0.29) is 34.6 Å². The minimum atomic E-state index is -2.17. The number of hydrogen-bond acceptors (Lipinski definition) is 3. The van der Waals surface area contributed by atoms with Crippen molar-refractivity contribution >= 4 is 16.6 Å². The highest BCUT2D eigenvalue weighted by atomic mass is 28.4. The molecule has 0 N–H and O–H groups in total. The zero-order valence-corrected chi connectivity index (χ0v) is 33.9. The van der Waals surface area contributed by atoms with Crippen LogP contribution in [0.4, 0.5) is 8.78 Å². The van der Waals surface area contributed by atoms with Crippen molar-refractivity contribution in [3.63, 3.8) is 0 Å². The van der Waals surface area contributed by atoms with E-state index in [0.717, 1.165) is 45.3 Å². The molecular formula is C39H71F2NO2Si2. The maximum Gasteiger partial charge on any atom is 0.238 e. The molecule has 4 rings (SSSR count). The molecule has 0 aromatic carbocycles. The lowest BCUT2D eigenvalue weighted by Crippen LogP contribution is -2.48. The van der Waals surface area contributed by atoms with E-state index in [2.05, 4.69) is 98.6 Å². The van der Waals surface area contributed by atoms with Gasteiger partial charge in [0.05, 0.1) is 12.2 Å². The first kappa shape index (κ1) is 38.5. The number of nitrogens with zero attached hydrogens (tertiary/aromatic N) is 1. The second-order valence-electron chi connectivity index (χ2n) is 19.3. The number of fused-ring (bicyclic) bond motifs is 1. The number of allylic oxidation sites excluding steroid dienone is 3. The minimum absolute atomic E-state index is 0.0735. The maximum atomic E-state index is 13.0. The van der Waals surface area contributed by atoms with Gasteiger partial charge in [0.25, 0.3) is 0 Å². The van der Waals surface area contributed by atoms with Gasteiger partial charge in [-0.05, 0) is 130 Å². The van der Waals surface area contributed by atoms with E-state index in [1.807, 2.05) is 0 Å². The number of hydrogen-bond donors (Lipinski definition) is 0. The molecular weight excluding hydrogens is 609 g/mol. The second kappa shape index (κ2) is 14.5. The predicted octanol–water partition coefficient (Wildman–Crippen LogP) is 11.6. The molecule has 0 bridgehead atoms. The van der Waals surface area contributed by atoms with Crippen molar-refractivity contribution in [3.8, 4) is 0 Å².